The second kappa shape index (κ2) is 4.75. The predicted octanol–water partition coefficient (Wildman–Crippen LogP) is 0.124. The van der Waals surface area contributed by atoms with Crippen molar-refractivity contribution in [2.24, 2.45) is 0 Å². The van der Waals surface area contributed by atoms with Crippen molar-refractivity contribution in [2.45, 2.75) is 24.9 Å². The second-order valence-electron chi connectivity index (χ2n) is 4.45. The average molecular weight is 258 g/mol. The van der Waals surface area contributed by atoms with E-state index in [2.05, 4.69) is 28.7 Å². The summed E-state index contributed by atoms with van der Waals surface area (Å²) in [7, 11) is -3.38. The molecule has 7 heteroatoms. The molecule has 1 aliphatic heterocycles. The Bertz CT molecular complexity index is 447. The zero-order chi connectivity index (χ0) is 12.5. The van der Waals surface area contributed by atoms with E-state index in [-0.39, 0.29) is 5.03 Å². The van der Waals surface area contributed by atoms with E-state index in [0.717, 1.165) is 13.1 Å². The van der Waals surface area contributed by atoms with Crippen LogP contribution in [0.1, 0.15) is 13.8 Å². The van der Waals surface area contributed by atoms with Crippen LogP contribution >= 0.6 is 0 Å². The first-order chi connectivity index (χ1) is 8.01. The summed E-state index contributed by atoms with van der Waals surface area (Å²) in [5.41, 5.74) is 0. The zero-order valence-electron chi connectivity index (χ0n) is 10.1. The molecule has 0 radical (unpaired) electrons. The van der Waals surface area contributed by atoms with Crippen molar-refractivity contribution in [3.63, 3.8) is 0 Å². The molecule has 0 spiro atoms. The van der Waals surface area contributed by atoms with Crippen LogP contribution in [-0.4, -0.2) is 59.8 Å². The SMILES string of the molecule is CC(C)N1CCN(S(=O)(=O)c2cnc[nH]2)CC1. The minimum atomic E-state index is -3.38. The Morgan fingerprint density at radius 2 is 1.94 bits per heavy atom. The molecule has 0 atom stereocenters. The first-order valence-corrected chi connectivity index (χ1v) is 7.18. The maximum Gasteiger partial charge on any atom is 0.260 e. The molecule has 0 bridgehead atoms. The van der Waals surface area contributed by atoms with Gasteiger partial charge in [0.1, 0.15) is 0 Å². The molecule has 6 nitrogen and oxygen atoms in total. The Kier molecular flexibility index (Phi) is 3.50. The number of hydrogen-bond donors (Lipinski definition) is 1. The highest BCUT2D eigenvalue weighted by Gasteiger charge is 2.29. The van der Waals surface area contributed by atoms with Gasteiger partial charge in [0, 0.05) is 32.2 Å². The predicted molar refractivity (Wildman–Crippen MR) is 64.1 cm³/mol. The standard InChI is InChI=1S/C10H18N4O2S/c1-9(2)13-3-5-14(6-4-13)17(15,16)10-7-11-8-12-10/h7-9H,3-6H2,1-2H3,(H,11,12). The summed E-state index contributed by atoms with van der Waals surface area (Å²) < 4.78 is 25.8. The molecule has 0 saturated carbocycles. The number of sulfonamides is 1. The van der Waals surface area contributed by atoms with E-state index in [1.54, 1.807) is 0 Å². The molecule has 2 rings (SSSR count). The Labute approximate surface area is 102 Å². The normalized spacial score (nSPS) is 19.9. The number of hydrogen-bond acceptors (Lipinski definition) is 4. The fourth-order valence-corrected chi connectivity index (χ4v) is 3.30. The van der Waals surface area contributed by atoms with Crippen LogP contribution in [-0.2, 0) is 10.0 Å². The number of piperazine rings is 1. The van der Waals surface area contributed by atoms with Crippen LogP contribution in [0.2, 0.25) is 0 Å². The van der Waals surface area contributed by atoms with Gasteiger partial charge in [-0.15, -0.1) is 0 Å². The highest BCUT2D eigenvalue weighted by Crippen LogP contribution is 2.15. The lowest BCUT2D eigenvalue weighted by Crippen LogP contribution is -2.50. The number of aromatic nitrogens is 2. The summed E-state index contributed by atoms with van der Waals surface area (Å²) in [5.74, 6) is 0. The molecule has 1 aromatic rings. The molecular formula is C10H18N4O2S. The van der Waals surface area contributed by atoms with E-state index in [0.29, 0.717) is 19.1 Å². The average Bonchev–Trinajstić information content (AvgIpc) is 2.83. The third-order valence-electron chi connectivity index (χ3n) is 3.09. The molecular weight excluding hydrogens is 240 g/mol. The highest BCUT2D eigenvalue weighted by atomic mass is 32.2. The van der Waals surface area contributed by atoms with Crippen LogP contribution in [0.15, 0.2) is 17.6 Å². The van der Waals surface area contributed by atoms with Crippen LogP contribution in [0.4, 0.5) is 0 Å². The largest absolute Gasteiger partial charge is 0.335 e. The van der Waals surface area contributed by atoms with Gasteiger partial charge in [0.25, 0.3) is 10.0 Å². The number of aromatic amines is 1. The summed E-state index contributed by atoms with van der Waals surface area (Å²) in [6.07, 6.45) is 2.74. The van der Waals surface area contributed by atoms with Crippen LogP contribution in [0.3, 0.4) is 0 Å². The molecule has 0 amide bonds. The number of nitrogens with zero attached hydrogens (tertiary/aromatic N) is 3. The van der Waals surface area contributed by atoms with Gasteiger partial charge in [-0.3, -0.25) is 4.90 Å². The number of H-pyrrole nitrogens is 1. The van der Waals surface area contributed by atoms with E-state index in [1.165, 1.54) is 16.8 Å². The third-order valence-corrected chi connectivity index (χ3v) is 4.92. The van der Waals surface area contributed by atoms with Gasteiger partial charge in [-0.1, -0.05) is 0 Å². The molecule has 0 aromatic carbocycles. The van der Waals surface area contributed by atoms with Crippen molar-refractivity contribution >= 4 is 10.0 Å². The third kappa shape index (κ3) is 2.51. The number of imidazole rings is 1. The van der Waals surface area contributed by atoms with Gasteiger partial charge in [0.15, 0.2) is 5.03 Å². The molecule has 1 fully saturated rings. The minimum absolute atomic E-state index is 0.176. The summed E-state index contributed by atoms with van der Waals surface area (Å²) in [4.78, 5) is 8.69. The molecule has 1 aliphatic rings. The van der Waals surface area contributed by atoms with Gasteiger partial charge in [-0.2, -0.15) is 4.31 Å². The smallest absolute Gasteiger partial charge is 0.260 e. The molecule has 0 unspecified atom stereocenters. The van der Waals surface area contributed by atoms with E-state index < -0.39 is 10.0 Å². The van der Waals surface area contributed by atoms with Crippen molar-refractivity contribution in [3.8, 4) is 0 Å². The van der Waals surface area contributed by atoms with Gasteiger partial charge in [-0.25, -0.2) is 13.4 Å². The Morgan fingerprint density at radius 3 is 2.41 bits per heavy atom. The lowest BCUT2D eigenvalue weighted by Gasteiger charge is -2.35. The first-order valence-electron chi connectivity index (χ1n) is 5.74. The monoisotopic (exact) mass is 258 g/mol. The van der Waals surface area contributed by atoms with Gasteiger partial charge >= 0.3 is 0 Å². The Balaban J connectivity index is 2.07. The van der Waals surface area contributed by atoms with Crippen LogP contribution in [0.5, 0.6) is 0 Å². The molecule has 0 aliphatic carbocycles. The quantitative estimate of drug-likeness (QED) is 0.836. The Morgan fingerprint density at radius 1 is 1.29 bits per heavy atom. The van der Waals surface area contributed by atoms with Gasteiger partial charge in [0.2, 0.25) is 0 Å². The summed E-state index contributed by atoms with van der Waals surface area (Å²) in [6, 6.07) is 0.465. The molecule has 17 heavy (non-hydrogen) atoms. The van der Waals surface area contributed by atoms with Gasteiger partial charge in [-0.05, 0) is 13.8 Å². The summed E-state index contributed by atoms with van der Waals surface area (Å²) >= 11 is 0. The molecule has 96 valence electrons. The van der Waals surface area contributed by atoms with Crippen LogP contribution in [0, 0.1) is 0 Å². The topological polar surface area (TPSA) is 69.3 Å². The van der Waals surface area contributed by atoms with Gasteiger partial charge in [0.05, 0.1) is 12.5 Å². The lowest BCUT2D eigenvalue weighted by molar-refractivity contribution is 0.154. The van der Waals surface area contributed by atoms with Crippen LogP contribution in [0.25, 0.3) is 0 Å². The van der Waals surface area contributed by atoms with Crippen molar-refractivity contribution in [2.75, 3.05) is 26.2 Å². The van der Waals surface area contributed by atoms with Crippen molar-refractivity contribution in [3.05, 3.63) is 12.5 Å². The fraction of sp³-hybridized carbons (Fsp3) is 0.700. The lowest BCUT2D eigenvalue weighted by atomic mass is 10.3. The van der Waals surface area contributed by atoms with Crippen molar-refractivity contribution in [1.29, 1.82) is 0 Å². The molecule has 1 saturated heterocycles. The highest BCUT2D eigenvalue weighted by molar-refractivity contribution is 7.89. The summed E-state index contributed by atoms with van der Waals surface area (Å²) in [6.45, 7) is 6.90. The second-order valence-corrected chi connectivity index (χ2v) is 6.36. The van der Waals surface area contributed by atoms with E-state index in [4.69, 9.17) is 0 Å². The summed E-state index contributed by atoms with van der Waals surface area (Å²) in [5, 5.41) is 0.176. The van der Waals surface area contributed by atoms with Crippen molar-refractivity contribution < 1.29 is 8.42 Å². The van der Waals surface area contributed by atoms with E-state index in [1.807, 2.05) is 0 Å². The number of nitrogens with one attached hydrogen (secondary N) is 1. The zero-order valence-corrected chi connectivity index (χ0v) is 10.9. The minimum Gasteiger partial charge on any atom is -0.335 e. The maximum absolute atomic E-state index is 12.2. The Hall–Kier alpha value is -0.920. The van der Waals surface area contributed by atoms with E-state index >= 15 is 0 Å². The molecule has 2 heterocycles. The fourth-order valence-electron chi connectivity index (χ4n) is 1.98. The molecule has 1 aromatic heterocycles. The van der Waals surface area contributed by atoms with E-state index in [9.17, 15) is 8.42 Å². The number of rotatable bonds is 3. The van der Waals surface area contributed by atoms with Crippen molar-refractivity contribution in [1.82, 2.24) is 19.2 Å². The molecule has 1 N–H and O–H groups in total. The van der Waals surface area contributed by atoms with Gasteiger partial charge < -0.3 is 4.98 Å². The van der Waals surface area contributed by atoms with Crippen LogP contribution < -0.4 is 0 Å². The first kappa shape index (κ1) is 12.5. The maximum atomic E-state index is 12.2.